The van der Waals surface area contributed by atoms with Gasteiger partial charge in [0, 0.05) is 19.8 Å². The summed E-state index contributed by atoms with van der Waals surface area (Å²) in [5.74, 6) is -2.95. The Labute approximate surface area is 145 Å². The summed E-state index contributed by atoms with van der Waals surface area (Å²) in [6.45, 7) is 0. The van der Waals surface area contributed by atoms with E-state index < -0.39 is 17.8 Å². The van der Waals surface area contributed by atoms with E-state index in [0.717, 1.165) is 0 Å². The molecule has 2 rings (SSSR count). The minimum atomic E-state index is -0.982. The van der Waals surface area contributed by atoms with Crippen molar-refractivity contribution in [2.45, 2.75) is 12.8 Å². The summed E-state index contributed by atoms with van der Waals surface area (Å²) in [5, 5.41) is 12.2. The van der Waals surface area contributed by atoms with Crippen molar-refractivity contribution >= 4 is 35.1 Å². The number of anilines is 1. The summed E-state index contributed by atoms with van der Waals surface area (Å²) >= 11 is 6.11. The van der Waals surface area contributed by atoms with Crippen LogP contribution in [0.15, 0.2) is 30.4 Å². The van der Waals surface area contributed by atoms with Gasteiger partial charge in [-0.25, -0.2) is 0 Å². The van der Waals surface area contributed by atoms with Gasteiger partial charge in [-0.1, -0.05) is 23.8 Å². The molecule has 0 aliphatic heterocycles. The van der Waals surface area contributed by atoms with Crippen LogP contribution in [-0.4, -0.2) is 41.9 Å². The van der Waals surface area contributed by atoms with Gasteiger partial charge in [0.1, 0.15) is 0 Å². The van der Waals surface area contributed by atoms with E-state index in [-0.39, 0.29) is 16.8 Å². The molecule has 2 atom stereocenters. The Morgan fingerprint density at radius 2 is 1.79 bits per heavy atom. The zero-order valence-electron chi connectivity index (χ0n) is 13.5. The van der Waals surface area contributed by atoms with Crippen molar-refractivity contribution in [1.29, 1.82) is 0 Å². The molecular formula is C17H19ClN2O4. The van der Waals surface area contributed by atoms with Crippen LogP contribution >= 0.6 is 11.6 Å². The first kappa shape index (κ1) is 18.0. The molecule has 2 unspecified atom stereocenters. The number of rotatable bonds is 4. The number of carboxylic acid groups (broad SMARTS) is 1. The maximum atomic E-state index is 12.4. The Hall–Kier alpha value is -2.34. The van der Waals surface area contributed by atoms with Crippen molar-refractivity contribution < 1.29 is 19.5 Å². The van der Waals surface area contributed by atoms with E-state index in [4.69, 9.17) is 11.6 Å². The van der Waals surface area contributed by atoms with Gasteiger partial charge in [0.15, 0.2) is 0 Å². The minimum absolute atomic E-state index is 0.227. The number of nitrogens with one attached hydrogen (secondary N) is 1. The fourth-order valence-corrected chi connectivity index (χ4v) is 2.88. The second kappa shape index (κ2) is 7.49. The van der Waals surface area contributed by atoms with Crippen molar-refractivity contribution in [3.63, 3.8) is 0 Å². The molecule has 0 aromatic heterocycles. The number of aliphatic carboxylic acids is 1. The highest BCUT2D eigenvalue weighted by Gasteiger charge is 2.34. The number of nitrogens with zero attached hydrogens (tertiary/aromatic N) is 1. The van der Waals surface area contributed by atoms with Crippen molar-refractivity contribution in [3.8, 4) is 0 Å². The van der Waals surface area contributed by atoms with Crippen LogP contribution in [0, 0.1) is 11.8 Å². The topological polar surface area (TPSA) is 86.7 Å². The lowest BCUT2D eigenvalue weighted by molar-refractivity contribution is -0.146. The number of allylic oxidation sites excluding steroid dienone is 2. The van der Waals surface area contributed by atoms with Crippen LogP contribution in [0.5, 0.6) is 0 Å². The zero-order chi connectivity index (χ0) is 17.9. The summed E-state index contributed by atoms with van der Waals surface area (Å²) in [5.41, 5.74) is 0.766. The second-order valence-corrected chi connectivity index (χ2v) is 6.28. The first-order valence-electron chi connectivity index (χ1n) is 7.51. The zero-order valence-corrected chi connectivity index (χ0v) is 14.2. The Bertz CT molecular complexity index is 700. The third kappa shape index (κ3) is 3.94. The van der Waals surface area contributed by atoms with Crippen molar-refractivity contribution in [2.24, 2.45) is 11.8 Å². The highest BCUT2D eigenvalue weighted by Crippen LogP contribution is 2.28. The van der Waals surface area contributed by atoms with E-state index in [2.05, 4.69) is 5.32 Å². The van der Waals surface area contributed by atoms with Crippen molar-refractivity contribution in [1.82, 2.24) is 4.90 Å². The van der Waals surface area contributed by atoms with Gasteiger partial charge in [-0.2, -0.15) is 0 Å². The largest absolute Gasteiger partial charge is 0.481 e. The molecule has 0 spiro atoms. The summed E-state index contributed by atoms with van der Waals surface area (Å²) in [6, 6.07) is 4.61. The smallest absolute Gasteiger partial charge is 0.307 e. The maximum Gasteiger partial charge on any atom is 0.307 e. The molecule has 2 amide bonds. The number of amides is 2. The normalized spacial score (nSPS) is 19.6. The number of carbonyl (C=O) groups excluding carboxylic acids is 2. The van der Waals surface area contributed by atoms with Gasteiger partial charge in [0.25, 0.3) is 5.91 Å². The quantitative estimate of drug-likeness (QED) is 0.817. The molecule has 0 radical (unpaired) electrons. The lowest BCUT2D eigenvalue weighted by Crippen LogP contribution is -2.34. The molecular weight excluding hydrogens is 332 g/mol. The average molecular weight is 351 g/mol. The van der Waals surface area contributed by atoms with Crippen LogP contribution < -0.4 is 5.32 Å². The molecule has 24 heavy (non-hydrogen) atoms. The lowest BCUT2D eigenvalue weighted by atomic mass is 9.82. The van der Waals surface area contributed by atoms with Crippen LogP contribution in [0.25, 0.3) is 0 Å². The van der Waals surface area contributed by atoms with E-state index in [1.165, 1.54) is 17.0 Å². The second-order valence-electron chi connectivity index (χ2n) is 5.88. The summed E-state index contributed by atoms with van der Waals surface area (Å²) < 4.78 is 0. The number of carboxylic acids is 1. The molecule has 6 nitrogen and oxygen atoms in total. The van der Waals surface area contributed by atoms with E-state index in [1.54, 1.807) is 26.2 Å². The van der Waals surface area contributed by atoms with Gasteiger partial charge in [-0.3, -0.25) is 14.4 Å². The van der Waals surface area contributed by atoms with E-state index in [0.29, 0.717) is 24.1 Å². The SMILES string of the molecule is CN(C)C(=O)c1ccc(NC(=O)C2CC=CCC2C(=O)O)cc1Cl. The van der Waals surface area contributed by atoms with Crippen molar-refractivity contribution in [3.05, 3.63) is 40.9 Å². The van der Waals surface area contributed by atoms with Crippen LogP contribution in [0.2, 0.25) is 5.02 Å². The Kier molecular flexibility index (Phi) is 5.62. The van der Waals surface area contributed by atoms with Gasteiger partial charge in [-0.05, 0) is 31.0 Å². The molecule has 0 bridgehead atoms. The molecule has 0 heterocycles. The molecule has 128 valence electrons. The molecule has 1 aliphatic carbocycles. The minimum Gasteiger partial charge on any atom is -0.481 e. The number of hydrogen-bond donors (Lipinski definition) is 2. The highest BCUT2D eigenvalue weighted by molar-refractivity contribution is 6.34. The first-order valence-corrected chi connectivity index (χ1v) is 7.89. The summed E-state index contributed by atoms with van der Waals surface area (Å²) in [7, 11) is 3.24. The third-order valence-corrected chi connectivity index (χ3v) is 4.27. The van der Waals surface area contributed by atoms with Crippen LogP contribution in [0.3, 0.4) is 0 Å². The molecule has 0 saturated carbocycles. The van der Waals surface area contributed by atoms with E-state index in [9.17, 15) is 19.5 Å². The molecule has 1 aromatic rings. The number of carbonyl (C=O) groups is 3. The Balaban J connectivity index is 2.14. The summed E-state index contributed by atoms with van der Waals surface area (Å²) in [6.07, 6.45) is 4.31. The fraction of sp³-hybridized carbons (Fsp3) is 0.353. The van der Waals surface area contributed by atoms with Crippen LogP contribution in [0.4, 0.5) is 5.69 Å². The highest BCUT2D eigenvalue weighted by atomic mass is 35.5. The predicted molar refractivity (Wildman–Crippen MR) is 91.1 cm³/mol. The molecule has 0 fully saturated rings. The first-order chi connectivity index (χ1) is 11.3. The third-order valence-electron chi connectivity index (χ3n) is 3.96. The van der Waals surface area contributed by atoms with Gasteiger partial charge in [0.2, 0.25) is 5.91 Å². The maximum absolute atomic E-state index is 12.4. The Morgan fingerprint density at radius 1 is 1.17 bits per heavy atom. The molecule has 2 N–H and O–H groups in total. The average Bonchev–Trinajstić information content (AvgIpc) is 2.54. The van der Waals surface area contributed by atoms with Crippen molar-refractivity contribution in [2.75, 3.05) is 19.4 Å². The molecule has 7 heteroatoms. The summed E-state index contributed by atoms with van der Waals surface area (Å²) in [4.78, 5) is 37.0. The molecule has 1 aliphatic rings. The lowest BCUT2D eigenvalue weighted by Gasteiger charge is -2.24. The van der Waals surface area contributed by atoms with Gasteiger partial charge in [-0.15, -0.1) is 0 Å². The van der Waals surface area contributed by atoms with Gasteiger partial charge >= 0.3 is 5.97 Å². The molecule has 1 aromatic carbocycles. The van der Waals surface area contributed by atoms with E-state index >= 15 is 0 Å². The van der Waals surface area contributed by atoms with E-state index in [1.807, 2.05) is 6.08 Å². The van der Waals surface area contributed by atoms with Crippen LogP contribution in [0.1, 0.15) is 23.2 Å². The van der Waals surface area contributed by atoms with Crippen LogP contribution in [-0.2, 0) is 9.59 Å². The number of benzene rings is 1. The number of hydrogen-bond acceptors (Lipinski definition) is 3. The predicted octanol–water partition coefficient (Wildman–Crippen LogP) is 2.65. The Morgan fingerprint density at radius 3 is 2.33 bits per heavy atom. The number of halogens is 1. The van der Waals surface area contributed by atoms with Gasteiger partial charge < -0.3 is 15.3 Å². The molecule has 0 saturated heterocycles. The fourth-order valence-electron chi connectivity index (χ4n) is 2.62. The monoisotopic (exact) mass is 350 g/mol. The standard InChI is InChI=1S/C17H19ClN2O4/c1-20(2)16(22)13-8-7-10(9-14(13)18)19-15(21)11-5-3-4-6-12(11)17(23)24/h3-4,7-9,11-12H,5-6H2,1-2H3,(H,19,21)(H,23,24). The van der Waals surface area contributed by atoms with Gasteiger partial charge in [0.05, 0.1) is 22.4 Å².